The van der Waals surface area contributed by atoms with E-state index in [4.69, 9.17) is 11.6 Å². The summed E-state index contributed by atoms with van der Waals surface area (Å²) in [4.78, 5) is 14.8. The first-order chi connectivity index (χ1) is 13.7. The molecule has 3 rings (SSSR count). The molecule has 162 valence electrons. The molecule has 1 aromatic heterocycles. The molecule has 1 atom stereocenters. The number of sulfonamides is 1. The van der Waals surface area contributed by atoms with Gasteiger partial charge in [0.25, 0.3) is 0 Å². The van der Waals surface area contributed by atoms with E-state index in [1.165, 1.54) is 0 Å². The number of alkyl halides is 5. The average molecular weight is 470 g/mol. The zero-order valence-electron chi connectivity index (χ0n) is 15.3. The van der Waals surface area contributed by atoms with Crippen LogP contribution in [-0.2, 0) is 20.7 Å². The smallest absolute Gasteiger partial charge is 0.294 e. The van der Waals surface area contributed by atoms with Crippen LogP contribution in [0.3, 0.4) is 0 Å². The van der Waals surface area contributed by atoms with Gasteiger partial charge >= 0.3 is 18.0 Å². The lowest BCUT2D eigenvalue weighted by Gasteiger charge is -2.29. The highest BCUT2D eigenvalue weighted by molar-refractivity contribution is 7.89. The SMILES string of the molecule is CN1C(=O)C(F)(F)c2cc(S(=O)(=O)N(C)[C@H](c3ccc(Cl)cc3)C(F)(F)F)cnc21. The van der Waals surface area contributed by atoms with Crippen LogP contribution in [0.15, 0.2) is 41.4 Å². The highest BCUT2D eigenvalue weighted by Crippen LogP contribution is 2.44. The minimum atomic E-state index is -5.03. The van der Waals surface area contributed by atoms with Gasteiger partial charge in [0.2, 0.25) is 10.0 Å². The lowest BCUT2D eigenvalue weighted by Crippen LogP contribution is -2.39. The van der Waals surface area contributed by atoms with Gasteiger partial charge < -0.3 is 0 Å². The third-order valence-corrected chi connectivity index (χ3v) is 6.65. The fourth-order valence-electron chi connectivity index (χ4n) is 3.05. The second-order valence-corrected chi connectivity index (χ2v) is 8.93. The van der Waals surface area contributed by atoms with E-state index >= 15 is 0 Å². The van der Waals surface area contributed by atoms with E-state index in [0.29, 0.717) is 24.2 Å². The number of hydrogen-bond donors (Lipinski definition) is 0. The standard InChI is InChI=1S/C17H13ClF5N3O3S/c1-25-14-12(16(19,20)15(25)27)7-11(8-24-14)30(28,29)26(2)13(17(21,22)23)9-3-5-10(18)6-4-9/h3-8,13H,1-2H3/t13-/m1/s1. The number of aromatic nitrogens is 1. The molecule has 0 bridgehead atoms. The molecular formula is C17H13ClF5N3O3S. The third-order valence-electron chi connectivity index (χ3n) is 4.61. The van der Waals surface area contributed by atoms with Crippen LogP contribution in [0.1, 0.15) is 17.2 Å². The molecule has 13 heteroatoms. The van der Waals surface area contributed by atoms with Gasteiger partial charge in [-0.3, -0.25) is 9.69 Å². The van der Waals surface area contributed by atoms with E-state index in [-0.39, 0.29) is 9.33 Å². The quantitative estimate of drug-likeness (QED) is 0.640. The molecule has 1 aliphatic heterocycles. The van der Waals surface area contributed by atoms with Gasteiger partial charge in [0.05, 0.1) is 5.56 Å². The number of fused-ring (bicyclic) bond motifs is 1. The maximum Gasteiger partial charge on any atom is 0.409 e. The van der Waals surface area contributed by atoms with Crippen molar-refractivity contribution in [2.45, 2.75) is 23.0 Å². The highest BCUT2D eigenvalue weighted by Gasteiger charge is 2.54. The lowest BCUT2D eigenvalue weighted by atomic mass is 10.1. The summed E-state index contributed by atoms with van der Waals surface area (Å²) in [5.41, 5.74) is -1.42. The number of rotatable bonds is 4. The zero-order chi connectivity index (χ0) is 22.6. The van der Waals surface area contributed by atoms with Crippen LogP contribution in [0.4, 0.5) is 27.8 Å². The molecule has 6 nitrogen and oxygen atoms in total. The van der Waals surface area contributed by atoms with Crippen LogP contribution >= 0.6 is 11.6 Å². The van der Waals surface area contributed by atoms with E-state index in [0.717, 1.165) is 31.3 Å². The summed E-state index contributed by atoms with van der Waals surface area (Å²) in [6, 6.07) is 2.19. The Bertz CT molecular complexity index is 1110. The van der Waals surface area contributed by atoms with Gasteiger partial charge in [-0.1, -0.05) is 23.7 Å². The Balaban J connectivity index is 2.09. The molecule has 0 N–H and O–H groups in total. The molecule has 0 spiro atoms. The number of amides is 1. The van der Waals surface area contributed by atoms with Gasteiger partial charge in [0.15, 0.2) is 0 Å². The second kappa shape index (κ2) is 7.13. The zero-order valence-corrected chi connectivity index (χ0v) is 16.9. The Morgan fingerprint density at radius 3 is 2.30 bits per heavy atom. The number of nitrogens with zero attached hydrogens (tertiary/aromatic N) is 3. The predicted molar refractivity (Wildman–Crippen MR) is 96.7 cm³/mol. The largest absolute Gasteiger partial charge is 0.409 e. The van der Waals surface area contributed by atoms with Crippen molar-refractivity contribution in [3.8, 4) is 0 Å². The molecule has 0 radical (unpaired) electrons. The molecule has 1 amide bonds. The summed E-state index contributed by atoms with van der Waals surface area (Å²) in [6.45, 7) is 0. The summed E-state index contributed by atoms with van der Waals surface area (Å²) in [5, 5.41) is 0.143. The van der Waals surface area contributed by atoms with Crippen molar-refractivity contribution in [2.75, 3.05) is 19.0 Å². The van der Waals surface area contributed by atoms with Gasteiger partial charge in [-0.2, -0.15) is 26.3 Å². The molecule has 0 saturated heterocycles. The van der Waals surface area contributed by atoms with E-state index in [2.05, 4.69) is 4.98 Å². The molecule has 1 aliphatic rings. The first kappa shape index (κ1) is 22.4. The number of benzene rings is 1. The van der Waals surface area contributed by atoms with E-state index in [1.807, 2.05) is 0 Å². The second-order valence-electron chi connectivity index (χ2n) is 6.50. The molecule has 0 aliphatic carbocycles. The fourth-order valence-corrected chi connectivity index (χ4v) is 4.48. The number of halogens is 6. The Morgan fingerprint density at radius 1 is 1.20 bits per heavy atom. The maximum absolute atomic E-state index is 14.2. The first-order valence-electron chi connectivity index (χ1n) is 8.15. The van der Waals surface area contributed by atoms with E-state index in [9.17, 15) is 35.2 Å². The van der Waals surface area contributed by atoms with Crippen molar-refractivity contribution in [3.05, 3.63) is 52.7 Å². The molecule has 2 aromatic rings. The minimum absolute atomic E-state index is 0.0122. The monoisotopic (exact) mass is 469 g/mol. The summed E-state index contributed by atoms with van der Waals surface area (Å²) < 4.78 is 95.2. The number of hydrogen-bond acceptors (Lipinski definition) is 4. The van der Waals surface area contributed by atoms with Crippen molar-refractivity contribution in [1.82, 2.24) is 9.29 Å². The van der Waals surface area contributed by atoms with Gasteiger partial charge in [0.1, 0.15) is 16.8 Å². The molecule has 0 fully saturated rings. The van der Waals surface area contributed by atoms with Crippen molar-refractivity contribution in [1.29, 1.82) is 0 Å². The minimum Gasteiger partial charge on any atom is -0.294 e. The normalized spacial score (nSPS) is 17.4. The molecule has 0 unspecified atom stereocenters. The number of carbonyl (C=O) groups is 1. The van der Waals surface area contributed by atoms with E-state index in [1.54, 1.807) is 0 Å². The van der Waals surface area contributed by atoms with Crippen LogP contribution in [-0.4, -0.2) is 43.9 Å². The van der Waals surface area contributed by atoms with Gasteiger partial charge in [-0.15, -0.1) is 0 Å². The average Bonchev–Trinajstić information content (AvgIpc) is 2.82. The molecule has 1 aromatic carbocycles. The topological polar surface area (TPSA) is 70.6 Å². The fraction of sp³-hybridized carbons (Fsp3) is 0.294. The van der Waals surface area contributed by atoms with Crippen molar-refractivity contribution < 1.29 is 35.2 Å². The third kappa shape index (κ3) is 3.52. The first-order valence-corrected chi connectivity index (χ1v) is 9.97. The maximum atomic E-state index is 14.2. The van der Waals surface area contributed by atoms with Crippen LogP contribution < -0.4 is 4.90 Å². The molecule has 0 saturated carbocycles. The summed E-state index contributed by atoms with van der Waals surface area (Å²) in [6.07, 6.45) is -4.40. The van der Waals surface area contributed by atoms with Crippen molar-refractivity contribution in [2.24, 2.45) is 0 Å². The predicted octanol–water partition coefficient (Wildman–Crippen LogP) is 3.73. The summed E-state index contributed by atoms with van der Waals surface area (Å²) in [5.74, 6) is -6.15. The van der Waals surface area contributed by atoms with Gasteiger partial charge in [-0.05, 0) is 23.8 Å². The Hall–Kier alpha value is -2.31. The number of carbonyl (C=O) groups excluding carboxylic acids is 1. The van der Waals surface area contributed by atoms with Crippen molar-refractivity contribution >= 4 is 33.3 Å². The highest BCUT2D eigenvalue weighted by atomic mass is 35.5. The Morgan fingerprint density at radius 2 is 1.77 bits per heavy atom. The Kier molecular flexibility index (Phi) is 5.32. The summed E-state index contributed by atoms with van der Waals surface area (Å²) in [7, 11) is -3.24. The Labute approximate surface area is 172 Å². The number of likely N-dealkylation sites (N-methyl/N-ethyl adjacent to an activating group) is 1. The van der Waals surface area contributed by atoms with E-state index < -0.39 is 55.9 Å². The number of anilines is 1. The van der Waals surface area contributed by atoms with Crippen LogP contribution in [0.2, 0.25) is 5.02 Å². The van der Waals surface area contributed by atoms with Crippen LogP contribution in [0, 0.1) is 0 Å². The van der Waals surface area contributed by atoms with Gasteiger partial charge in [0, 0.05) is 25.3 Å². The van der Waals surface area contributed by atoms with Crippen LogP contribution in [0.5, 0.6) is 0 Å². The van der Waals surface area contributed by atoms with Crippen LogP contribution in [0.25, 0.3) is 0 Å². The molecular weight excluding hydrogens is 457 g/mol. The molecule has 30 heavy (non-hydrogen) atoms. The van der Waals surface area contributed by atoms with Gasteiger partial charge in [-0.25, -0.2) is 13.4 Å². The summed E-state index contributed by atoms with van der Waals surface area (Å²) >= 11 is 5.68. The van der Waals surface area contributed by atoms with Crippen molar-refractivity contribution in [3.63, 3.8) is 0 Å². The molecule has 2 heterocycles. The number of pyridine rings is 1. The lowest BCUT2D eigenvalue weighted by molar-refractivity contribution is -0.171.